The van der Waals surface area contributed by atoms with Crippen LogP contribution >= 0.6 is 0 Å². The van der Waals surface area contributed by atoms with Crippen LogP contribution in [0.4, 0.5) is 20.6 Å². The summed E-state index contributed by atoms with van der Waals surface area (Å²) >= 11 is 0. The first kappa shape index (κ1) is 31.9. The van der Waals surface area contributed by atoms with Crippen molar-refractivity contribution < 1.29 is 28.2 Å². The molecule has 0 aliphatic carbocycles. The second-order valence-electron chi connectivity index (χ2n) is 12.3. The van der Waals surface area contributed by atoms with Gasteiger partial charge in [-0.2, -0.15) is 0 Å². The molecule has 0 spiro atoms. The number of hydrogen-bond donors (Lipinski definition) is 2. The van der Waals surface area contributed by atoms with Gasteiger partial charge in [-0.3, -0.25) is 14.9 Å². The number of rotatable bonds is 8. The van der Waals surface area contributed by atoms with E-state index in [2.05, 4.69) is 15.6 Å². The number of hydrogen-bond acceptors (Lipinski definition) is 6. The highest BCUT2D eigenvalue weighted by Crippen LogP contribution is 2.40. The molecule has 0 aliphatic heterocycles. The zero-order chi connectivity index (χ0) is 32.2. The number of carbonyl (C=O) groups excluding carboxylic acids is 3. The van der Waals surface area contributed by atoms with E-state index in [1.54, 1.807) is 69.6 Å². The summed E-state index contributed by atoms with van der Waals surface area (Å²) in [6.45, 7) is 12.5. The van der Waals surface area contributed by atoms with Crippen LogP contribution in [-0.4, -0.2) is 38.5 Å². The SMILES string of the molecule is Cc1nccn1-c1cccc(C(=O)CC(=O)Nc2cc(-c3ccccc3F)c(OC(C)(C)C)cc2NC(=O)OC(C)(C)C)c1. The third kappa shape index (κ3) is 8.31. The van der Waals surface area contributed by atoms with Crippen LogP contribution in [0.3, 0.4) is 0 Å². The predicted molar refractivity (Wildman–Crippen MR) is 168 cm³/mol. The van der Waals surface area contributed by atoms with Crippen LogP contribution in [0, 0.1) is 12.7 Å². The van der Waals surface area contributed by atoms with E-state index < -0.39 is 41.2 Å². The number of amides is 2. The Morgan fingerprint density at radius 3 is 2.20 bits per heavy atom. The Balaban J connectivity index is 1.69. The van der Waals surface area contributed by atoms with Crippen molar-refractivity contribution in [2.24, 2.45) is 0 Å². The molecule has 1 heterocycles. The molecular formula is C34H37FN4O5. The average Bonchev–Trinajstić information content (AvgIpc) is 3.34. The molecule has 0 saturated carbocycles. The molecule has 44 heavy (non-hydrogen) atoms. The van der Waals surface area contributed by atoms with Crippen LogP contribution < -0.4 is 15.4 Å². The van der Waals surface area contributed by atoms with Crippen molar-refractivity contribution >= 4 is 29.2 Å². The normalized spacial score (nSPS) is 11.5. The van der Waals surface area contributed by atoms with E-state index >= 15 is 4.39 Å². The van der Waals surface area contributed by atoms with Gasteiger partial charge in [-0.25, -0.2) is 14.2 Å². The molecule has 10 heteroatoms. The lowest BCUT2D eigenvalue weighted by molar-refractivity contribution is -0.115. The van der Waals surface area contributed by atoms with E-state index in [1.807, 2.05) is 38.3 Å². The van der Waals surface area contributed by atoms with Gasteiger partial charge in [0.15, 0.2) is 5.78 Å². The van der Waals surface area contributed by atoms with Crippen LogP contribution in [0.15, 0.2) is 73.1 Å². The molecule has 3 aromatic carbocycles. The van der Waals surface area contributed by atoms with Gasteiger partial charge < -0.3 is 19.4 Å². The number of ketones is 1. The minimum absolute atomic E-state index is 0.135. The van der Waals surface area contributed by atoms with Crippen molar-refractivity contribution in [3.05, 3.63) is 90.3 Å². The van der Waals surface area contributed by atoms with E-state index in [-0.39, 0.29) is 22.7 Å². The maximum atomic E-state index is 15.0. The summed E-state index contributed by atoms with van der Waals surface area (Å²) in [6.07, 6.45) is 2.20. The number of aromatic nitrogens is 2. The Labute approximate surface area is 256 Å². The van der Waals surface area contributed by atoms with Gasteiger partial charge in [0.25, 0.3) is 0 Å². The molecule has 0 saturated heterocycles. The smallest absolute Gasteiger partial charge is 0.412 e. The molecule has 2 amide bonds. The van der Waals surface area contributed by atoms with E-state index in [1.165, 1.54) is 18.2 Å². The zero-order valence-electron chi connectivity index (χ0n) is 25.9. The molecular weight excluding hydrogens is 563 g/mol. The number of nitrogens with one attached hydrogen (secondary N) is 2. The fraction of sp³-hybridized carbons (Fsp3) is 0.294. The summed E-state index contributed by atoms with van der Waals surface area (Å²) < 4.78 is 28.4. The molecule has 0 aliphatic rings. The fourth-order valence-corrected chi connectivity index (χ4v) is 4.43. The number of imidazole rings is 1. The van der Waals surface area contributed by atoms with Gasteiger partial charge in [-0.05, 0) is 72.7 Å². The first-order chi connectivity index (χ1) is 20.6. The van der Waals surface area contributed by atoms with E-state index in [9.17, 15) is 14.4 Å². The van der Waals surface area contributed by atoms with Crippen LogP contribution in [-0.2, 0) is 9.53 Å². The highest BCUT2D eigenvalue weighted by Gasteiger charge is 2.24. The standard InChI is InChI=1S/C34H37FN4O5/c1-21-36-15-16-39(21)23-12-10-11-22(17-23)29(40)20-31(41)37-27-18-25(24-13-8-9-14-26(24)35)30(43-33(2,3)4)19-28(27)38-32(42)44-34(5,6)7/h8-19H,20H2,1-7H3,(H,37,41)(H,38,42). The van der Waals surface area contributed by atoms with Crippen molar-refractivity contribution in [2.75, 3.05) is 10.6 Å². The van der Waals surface area contributed by atoms with E-state index in [4.69, 9.17) is 9.47 Å². The Morgan fingerprint density at radius 1 is 0.864 bits per heavy atom. The summed E-state index contributed by atoms with van der Waals surface area (Å²) in [7, 11) is 0. The summed E-state index contributed by atoms with van der Waals surface area (Å²) in [4.78, 5) is 43.4. The minimum atomic E-state index is -0.790. The first-order valence-electron chi connectivity index (χ1n) is 14.1. The lowest BCUT2D eigenvalue weighted by Gasteiger charge is -2.26. The quantitative estimate of drug-likeness (QED) is 0.158. The molecule has 0 bridgehead atoms. The summed E-state index contributed by atoms with van der Waals surface area (Å²) in [5.74, 6) is -0.517. The van der Waals surface area contributed by atoms with Crippen molar-refractivity contribution in [2.45, 2.75) is 66.1 Å². The third-order valence-corrected chi connectivity index (χ3v) is 6.20. The van der Waals surface area contributed by atoms with Gasteiger partial charge >= 0.3 is 6.09 Å². The molecule has 9 nitrogen and oxygen atoms in total. The summed E-state index contributed by atoms with van der Waals surface area (Å²) in [6, 6.07) is 16.1. The first-order valence-corrected chi connectivity index (χ1v) is 14.1. The van der Waals surface area contributed by atoms with E-state index in [0.717, 1.165) is 11.5 Å². The fourth-order valence-electron chi connectivity index (χ4n) is 4.43. The van der Waals surface area contributed by atoms with Crippen LogP contribution in [0.5, 0.6) is 5.75 Å². The number of Topliss-reactive ketones (excluding diaryl/α,β-unsaturated/α-hetero) is 1. The van der Waals surface area contributed by atoms with Gasteiger partial charge in [-0.1, -0.05) is 30.3 Å². The van der Waals surface area contributed by atoms with Crippen LogP contribution in [0.25, 0.3) is 16.8 Å². The van der Waals surface area contributed by atoms with Gasteiger partial charge in [0, 0.05) is 40.8 Å². The molecule has 1 aromatic heterocycles. The predicted octanol–water partition coefficient (Wildman–Crippen LogP) is 7.72. The number of nitrogens with zero attached hydrogens (tertiary/aromatic N) is 2. The van der Waals surface area contributed by atoms with Gasteiger partial charge in [0.1, 0.15) is 28.6 Å². The molecule has 0 atom stereocenters. The van der Waals surface area contributed by atoms with E-state index in [0.29, 0.717) is 11.1 Å². The number of ether oxygens (including phenoxy) is 2. The van der Waals surface area contributed by atoms with Crippen molar-refractivity contribution in [1.29, 1.82) is 0 Å². The summed E-state index contributed by atoms with van der Waals surface area (Å²) in [5.41, 5.74) is 0.475. The number of carbonyl (C=O) groups is 3. The second-order valence-corrected chi connectivity index (χ2v) is 12.3. The molecule has 0 fully saturated rings. The van der Waals surface area contributed by atoms with Gasteiger partial charge in [0.2, 0.25) is 5.91 Å². The number of halogens is 1. The Morgan fingerprint density at radius 2 is 1.57 bits per heavy atom. The summed E-state index contributed by atoms with van der Waals surface area (Å²) in [5, 5.41) is 5.39. The van der Waals surface area contributed by atoms with Crippen LogP contribution in [0.1, 0.15) is 64.1 Å². The topological polar surface area (TPSA) is 112 Å². The van der Waals surface area contributed by atoms with Crippen molar-refractivity contribution in [1.82, 2.24) is 9.55 Å². The lowest BCUT2D eigenvalue weighted by Crippen LogP contribution is -2.28. The average molecular weight is 601 g/mol. The lowest BCUT2D eigenvalue weighted by atomic mass is 10.0. The molecule has 230 valence electrons. The van der Waals surface area contributed by atoms with Crippen LogP contribution in [0.2, 0.25) is 0 Å². The van der Waals surface area contributed by atoms with Gasteiger partial charge in [-0.15, -0.1) is 0 Å². The Bertz CT molecular complexity index is 1700. The maximum Gasteiger partial charge on any atom is 0.412 e. The second kappa shape index (κ2) is 12.7. The Hall–Kier alpha value is -4.99. The van der Waals surface area contributed by atoms with Gasteiger partial charge in [0.05, 0.1) is 17.8 Å². The largest absolute Gasteiger partial charge is 0.487 e. The highest BCUT2D eigenvalue weighted by atomic mass is 19.1. The molecule has 4 aromatic rings. The third-order valence-electron chi connectivity index (χ3n) is 6.20. The molecule has 0 radical (unpaired) electrons. The van der Waals surface area contributed by atoms with Crippen molar-refractivity contribution in [3.63, 3.8) is 0 Å². The number of aryl methyl sites for hydroxylation is 1. The monoisotopic (exact) mass is 600 g/mol. The molecule has 0 unspecified atom stereocenters. The number of benzene rings is 3. The molecule has 2 N–H and O–H groups in total. The molecule has 4 rings (SSSR count). The number of anilines is 2. The minimum Gasteiger partial charge on any atom is -0.487 e. The maximum absolute atomic E-state index is 15.0. The zero-order valence-corrected chi connectivity index (χ0v) is 25.9. The van der Waals surface area contributed by atoms with Crippen molar-refractivity contribution in [3.8, 4) is 22.6 Å². The Kier molecular flexibility index (Phi) is 9.22. The highest BCUT2D eigenvalue weighted by molar-refractivity contribution is 6.12.